The number of rotatable bonds is 7. The minimum Gasteiger partial charge on any atom is -0.271 e. The summed E-state index contributed by atoms with van der Waals surface area (Å²) in [6.45, 7) is 4.37. The van der Waals surface area contributed by atoms with Crippen LogP contribution in [-0.2, 0) is 6.42 Å². The number of aryl methyl sites for hydroxylation is 1. The summed E-state index contributed by atoms with van der Waals surface area (Å²) in [7, 11) is 0. The van der Waals surface area contributed by atoms with Crippen LogP contribution in [0.1, 0.15) is 37.4 Å². The van der Waals surface area contributed by atoms with Gasteiger partial charge in [0.2, 0.25) is 0 Å². The van der Waals surface area contributed by atoms with Gasteiger partial charge in [-0.1, -0.05) is 38.1 Å². The Morgan fingerprint density at radius 2 is 1.94 bits per heavy atom. The van der Waals surface area contributed by atoms with Crippen molar-refractivity contribution in [3.8, 4) is 0 Å². The molecule has 0 heterocycles. The van der Waals surface area contributed by atoms with Crippen molar-refractivity contribution in [1.29, 1.82) is 0 Å². The minimum absolute atomic E-state index is 0.266. The van der Waals surface area contributed by atoms with Gasteiger partial charge in [0.1, 0.15) is 0 Å². The molecule has 0 spiro atoms. The first-order valence-corrected chi connectivity index (χ1v) is 7.10. The Balaban J connectivity index is 2.56. The van der Waals surface area contributed by atoms with E-state index in [2.05, 4.69) is 43.5 Å². The Hall–Kier alpha value is -0.510. The van der Waals surface area contributed by atoms with E-state index in [1.54, 1.807) is 0 Å². The van der Waals surface area contributed by atoms with Crippen molar-refractivity contribution in [1.82, 2.24) is 5.43 Å². The number of nitrogens with one attached hydrogen (secondary N) is 1. The van der Waals surface area contributed by atoms with Gasteiger partial charge in [-0.05, 0) is 29.7 Å². The van der Waals surface area contributed by atoms with Gasteiger partial charge in [-0.25, -0.2) is 0 Å². The molecule has 0 saturated heterocycles. The van der Waals surface area contributed by atoms with Gasteiger partial charge in [-0.3, -0.25) is 11.3 Å². The number of nitrogens with two attached hydrogens (primary N) is 1. The van der Waals surface area contributed by atoms with Crippen molar-refractivity contribution in [2.24, 2.45) is 5.84 Å². The molecule has 0 saturated carbocycles. The number of hydrogen-bond acceptors (Lipinski definition) is 3. The zero-order chi connectivity index (χ0) is 11.8. The van der Waals surface area contributed by atoms with E-state index in [4.69, 9.17) is 5.84 Å². The van der Waals surface area contributed by atoms with Crippen LogP contribution >= 0.6 is 11.8 Å². The fourth-order valence-corrected chi connectivity index (χ4v) is 2.55. The molecule has 0 aliphatic rings. The van der Waals surface area contributed by atoms with Crippen LogP contribution in [0.15, 0.2) is 24.3 Å². The molecule has 0 aliphatic carbocycles. The zero-order valence-electron chi connectivity index (χ0n) is 10.2. The normalized spacial score (nSPS) is 12.7. The number of hydrazine groups is 1. The molecule has 1 atom stereocenters. The van der Waals surface area contributed by atoms with Crippen LogP contribution in [0.25, 0.3) is 0 Å². The van der Waals surface area contributed by atoms with Gasteiger partial charge in [0, 0.05) is 5.75 Å². The third-order valence-corrected chi connectivity index (χ3v) is 3.89. The van der Waals surface area contributed by atoms with E-state index in [0.29, 0.717) is 0 Å². The lowest BCUT2D eigenvalue weighted by atomic mass is 10.1. The van der Waals surface area contributed by atoms with Gasteiger partial charge >= 0.3 is 0 Å². The molecule has 2 nitrogen and oxygen atoms in total. The molecule has 3 heteroatoms. The second kappa shape index (κ2) is 7.71. The van der Waals surface area contributed by atoms with Crippen LogP contribution in [0.3, 0.4) is 0 Å². The van der Waals surface area contributed by atoms with Crippen molar-refractivity contribution in [3.63, 3.8) is 0 Å². The summed E-state index contributed by atoms with van der Waals surface area (Å²) in [5, 5.41) is 0. The molecule has 0 radical (unpaired) electrons. The van der Waals surface area contributed by atoms with Crippen LogP contribution in [0, 0.1) is 0 Å². The lowest BCUT2D eigenvalue weighted by molar-refractivity contribution is 0.610. The summed E-state index contributed by atoms with van der Waals surface area (Å²) in [6.07, 6.45) is 2.31. The van der Waals surface area contributed by atoms with Gasteiger partial charge in [0.25, 0.3) is 0 Å². The maximum atomic E-state index is 5.59. The van der Waals surface area contributed by atoms with E-state index in [1.807, 2.05) is 11.8 Å². The highest BCUT2D eigenvalue weighted by atomic mass is 32.2. The monoisotopic (exact) mass is 238 g/mol. The van der Waals surface area contributed by atoms with Gasteiger partial charge in [-0.15, -0.1) is 0 Å². The minimum atomic E-state index is 0.266. The van der Waals surface area contributed by atoms with E-state index >= 15 is 0 Å². The van der Waals surface area contributed by atoms with E-state index in [0.717, 1.165) is 12.2 Å². The molecule has 90 valence electrons. The Kier molecular flexibility index (Phi) is 6.53. The maximum Gasteiger partial charge on any atom is 0.0550 e. The predicted octanol–water partition coefficient (Wildman–Crippen LogP) is 2.90. The Bertz CT molecular complexity index is 284. The fourth-order valence-electron chi connectivity index (χ4n) is 1.57. The second-order valence-corrected chi connectivity index (χ2v) is 5.04. The zero-order valence-corrected chi connectivity index (χ0v) is 11.0. The van der Waals surface area contributed by atoms with Crippen molar-refractivity contribution in [3.05, 3.63) is 35.4 Å². The third kappa shape index (κ3) is 4.16. The summed E-state index contributed by atoms with van der Waals surface area (Å²) in [5.74, 6) is 7.83. The predicted molar refractivity (Wildman–Crippen MR) is 73.5 cm³/mol. The lowest BCUT2D eigenvalue weighted by Crippen LogP contribution is -2.29. The van der Waals surface area contributed by atoms with Gasteiger partial charge in [0.15, 0.2) is 0 Å². The van der Waals surface area contributed by atoms with Crippen LogP contribution in [0.5, 0.6) is 0 Å². The number of hydrogen-bond donors (Lipinski definition) is 2. The Morgan fingerprint density at radius 3 is 2.44 bits per heavy atom. The van der Waals surface area contributed by atoms with Gasteiger partial charge in [-0.2, -0.15) is 11.8 Å². The molecule has 0 aliphatic heterocycles. The fraction of sp³-hybridized carbons (Fsp3) is 0.538. The van der Waals surface area contributed by atoms with Gasteiger partial charge < -0.3 is 0 Å². The molecule has 1 rings (SSSR count). The number of benzene rings is 1. The highest BCUT2D eigenvalue weighted by Gasteiger charge is 2.08. The molecule has 3 N–H and O–H groups in total. The quantitative estimate of drug-likeness (QED) is 0.436. The molecule has 1 unspecified atom stereocenters. The van der Waals surface area contributed by atoms with Gasteiger partial charge in [0.05, 0.1) is 6.04 Å². The summed E-state index contributed by atoms with van der Waals surface area (Å²) < 4.78 is 0. The van der Waals surface area contributed by atoms with Crippen molar-refractivity contribution < 1.29 is 0 Å². The molecule has 16 heavy (non-hydrogen) atoms. The van der Waals surface area contributed by atoms with Crippen molar-refractivity contribution in [2.45, 2.75) is 32.7 Å². The lowest BCUT2D eigenvalue weighted by Gasteiger charge is -2.16. The van der Waals surface area contributed by atoms with Crippen LogP contribution in [0.2, 0.25) is 0 Å². The van der Waals surface area contributed by atoms with Crippen molar-refractivity contribution in [2.75, 3.05) is 11.5 Å². The summed E-state index contributed by atoms with van der Waals surface area (Å²) in [4.78, 5) is 0. The smallest absolute Gasteiger partial charge is 0.0550 e. The molecule has 0 amide bonds. The second-order valence-electron chi connectivity index (χ2n) is 3.89. The highest BCUT2D eigenvalue weighted by Crippen LogP contribution is 2.18. The van der Waals surface area contributed by atoms with Crippen molar-refractivity contribution >= 4 is 11.8 Å². The van der Waals surface area contributed by atoms with E-state index in [1.165, 1.54) is 23.3 Å². The summed E-state index contributed by atoms with van der Waals surface area (Å²) in [5.41, 5.74) is 5.55. The van der Waals surface area contributed by atoms with E-state index < -0.39 is 0 Å². The number of thioether (sulfide) groups is 1. The van der Waals surface area contributed by atoms with Crippen LogP contribution < -0.4 is 11.3 Å². The first kappa shape index (κ1) is 13.6. The first-order valence-electron chi connectivity index (χ1n) is 5.94. The Morgan fingerprint density at radius 1 is 1.25 bits per heavy atom. The highest BCUT2D eigenvalue weighted by molar-refractivity contribution is 7.99. The molecular weight excluding hydrogens is 216 g/mol. The molecule has 0 bridgehead atoms. The molecule has 1 aromatic rings. The SMILES string of the molecule is CCCSCC(NN)c1ccc(CC)cc1. The molecule has 1 aromatic carbocycles. The van der Waals surface area contributed by atoms with E-state index in [-0.39, 0.29) is 6.04 Å². The standard InChI is InChI=1S/C13H22N2S/c1-3-9-16-10-13(15-14)12-7-5-11(4-2)6-8-12/h5-8,13,15H,3-4,9-10,14H2,1-2H3. The molecular formula is C13H22N2S. The summed E-state index contributed by atoms with van der Waals surface area (Å²) in [6, 6.07) is 8.99. The average Bonchev–Trinajstić information content (AvgIpc) is 2.35. The summed E-state index contributed by atoms with van der Waals surface area (Å²) >= 11 is 1.95. The molecule has 0 aromatic heterocycles. The third-order valence-electron chi connectivity index (χ3n) is 2.62. The maximum absolute atomic E-state index is 5.59. The average molecular weight is 238 g/mol. The first-order chi connectivity index (χ1) is 7.81. The van der Waals surface area contributed by atoms with E-state index in [9.17, 15) is 0 Å². The Labute approximate surface area is 103 Å². The van der Waals surface area contributed by atoms with Crippen LogP contribution in [-0.4, -0.2) is 11.5 Å². The largest absolute Gasteiger partial charge is 0.271 e. The van der Waals surface area contributed by atoms with Crippen LogP contribution in [0.4, 0.5) is 0 Å². The molecule has 0 fully saturated rings. The topological polar surface area (TPSA) is 38.0 Å².